The first-order valence-electron chi connectivity index (χ1n) is 5.60. The summed E-state index contributed by atoms with van der Waals surface area (Å²) in [4.78, 5) is 2.26. The van der Waals surface area contributed by atoms with Crippen molar-refractivity contribution < 1.29 is 9.47 Å². The average molecular weight is 241 g/mol. The molecular formula is C10H15N3O2S. The average Bonchev–Trinajstić information content (AvgIpc) is 2.90. The van der Waals surface area contributed by atoms with Gasteiger partial charge in [0.15, 0.2) is 5.79 Å². The van der Waals surface area contributed by atoms with Crippen molar-refractivity contribution in [3.8, 4) is 0 Å². The highest BCUT2D eigenvalue weighted by Crippen LogP contribution is 2.33. The molecule has 3 rings (SSSR count). The first-order valence-corrected chi connectivity index (χ1v) is 6.42. The second-order valence-electron chi connectivity index (χ2n) is 4.20. The van der Waals surface area contributed by atoms with E-state index in [0.717, 1.165) is 49.3 Å². The summed E-state index contributed by atoms with van der Waals surface area (Å²) < 4.78 is 11.4. The summed E-state index contributed by atoms with van der Waals surface area (Å²) >= 11 is 1.65. The number of anilines is 1. The van der Waals surface area contributed by atoms with E-state index in [9.17, 15) is 0 Å². The van der Waals surface area contributed by atoms with Gasteiger partial charge in [-0.3, -0.25) is 0 Å². The second kappa shape index (κ2) is 3.94. The minimum atomic E-state index is -0.295. The third-order valence-electron chi connectivity index (χ3n) is 3.12. The van der Waals surface area contributed by atoms with E-state index in [4.69, 9.17) is 9.47 Å². The lowest BCUT2D eigenvalue weighted by atomic mass is 10.0. The van der Waals surface area contributed by atoms with Gasteiger partial charge in [0.05, 0.1) is 13.2 Å². The predicted molar refractivity (Wildman–Crippen MR) is 60.7 cm³/mol. The molecule has 16 heavy (non-hydrogen) atoms. The molecule has 0 radical (unpaired) electrons. The van der Waals surface area contributed by atoms with Gasteiger partial charge in [-0.25, -0.2) is 0 Å². The summed E-state index contributed by atoms with van der Waals surface area (Å²) in [6.45, 7) is 5.33. The molecule has 0 aliphatic carbocycles. The number of rotatable bonds is 1. The van der Waals surface area contributed by atoms with Crippen molar-refractivity contribution in [2.24, 2.45) is 0 Å². The van der Waals surface area contributed by atoms with Crippen LogP contribution in [-0.4, -0.2) is 42.3 Å². The summed E-state index contributed by atoms with van der Waals surface area (Å²) in [5.41, 5.74) is 0. The molecule has 1 aromatic rings. The number of hydrogen-bond donors (Lipinski definition) is 0. The quantitative estimate of drug-likeness (QED) is 0.739. The van der Waals surface area contributed by atoms with E-state index in [1.807, 2.05) is 6.92 Å². The SMILES string of the molecule is Cc1nnc(N2CCC3(CC2)OCCO3)s1. The first kappa shape index (κ1) is 10.4. The van der Waals surface area contributed by atoms with Gasteiger partial charge in [-0.05, 0) is 6.92 Å². The van der Waals surface area contributed by atoms with Crippen molar-refractivity contribution in [2.75, 3.05) is 31.2 Å². The molecular weight excluding hydrogens is 226 g/mol. The molecule has 88 valence electrons. The van der Waals surface area contributed by atoms with Gasteiger partial charge >= 0.3 is 0 Å². The van der Waals surface area contributed by atoms with Crippen molar-refractivity contribution in [3.05, 3.63) is 5.01 Å². The summed E-state index contributed by atoms with van der Waals surface area (Å²) in [6, 6.07) is 0. The molecule has 1 spiro atoms. The van der Waals surface area contributed by atoms with Crippen LogP contribution in [0.1, 0.15) is 17.8 Å². The van der Waals surface area contributed by atoms with Crippen LogP contribution < -0.4 is 4.90 Å². The zero-order chi connectivity index (χ0) is 11.0. The fraction of sp³-hybridized carbons (Fsp3) is 0.800. The van der Waals surface area contributed by atoms with E-state index in [0.29, 0.717) is 0 Å². The Morgan fingerprint density at radius 1 is 1.19 bits per heavy atom. The normalized spacial score (nSPS) is 24.2. The van der Waals surface area contributed by atoms with Gasteiger partial charge in [-0.2, -0.15) is 0 Å². The highest BCUT2D eigenvalue weighted by atomic mass is 32.1. The van der Waals surface area contributed by atoms with Gasteiger partial charge in [0, 0.05) is 25.9 Å². The number of hydrogen-bond acceptors (Lipinski definition) is 6. The van der Waals surface area contributed by atoms with Crippen molar-refractivity contribution in [1.82, 2.24) is 10.2 Å². The molecule has 0 bridgehead atoms. The highest BCUT2D eigenvalue weighted by Gasteiger charge is 2.40. The molecule has 3 heterocycles. The number of aryl methyl sites for hydroxylation is 1. The largest absolute Gasteiger partial charge is 0.347 e. The minimum absolute atomic E-state index is 0.295. The molecule has 0 amide bonds. The topological polar surface area (TPSA) is 47.5 Å². The van der Waals surface area contributed by atoms with Crippen molar-refractivity contribution in [3.63, 3.8) is 0 Å². The van der Waals surface area contributed by atoms with Crippen LogP contribution >= 0.6 is 11.3 Å². The lowest BCUT2D eigenvalue weighted by Crippen LogP contribution is -2.45. The van der Waals surface area contributed by atoms with Crippen molar-refractivity contribution in [2.45, 2.75) is 25.6 Å². The van der Waals surface area contributed by atoms with Gasteiger partial charge in [0.2, 0.25) is 5.13 Å². The minimum Gasteiger partial charge on any atom is -0.347 e. The highest BCUT2D eigenvalue weighted by molar-refractivity contribution is 7.15. The standard InChI is InChI=1S/C10H15N3O2S/c1-8-11-12-9(16-8)13-4-2-10(3-5-13)14-6-7-15-10/h2-7H2,1H3. The Hall–Kier alpha value is -0.720. The molecule has 6 heteroatoms. The molecule has 0 unspecified atom stereocenters. The Bertz CT molecular complexity index is 366. The lowest BCUT2D eigenvalue weighted by Gasteiger charge is -2.37. The molecule has 2 fully saturated rings. The summed E-state index contributed by atoms with van der Waals surface area (Å²) in [5.74, 6) is -0.295. The van der Waals surface area contributed by atoms with Crippen LogP contribution in [0.25, 0.3) is 0 Å². The Morgan fingerprint density at radius 3 is 2.44 bits per heavy atom. The Labute approximate surface area is 98.4 Å². The smallest absolute Gasteiger partial charge is 0.208 e. The number of aromatic nitrogens is 2. The van der Waals surface area contributed by atoms with E-state index < -0.39 is 0 Å². The Morgan fingerprint density at radius 2 is 1.88 bits per heavy atom. The molecule has 0 saturated carbocycles. The van der Waals surface area contributed by atoms with E-state index in [2.05, 4.69) is 15.1 Å². The number of nitrogens with zero attached hydrogens (tertiary/aromatic N) is 3. The fourth-order valence-corrected chi connectivity index (χ4v) is 2.98. The van der Waals surface area contributed by atoms with Crippen LogP contribution in [0.3, 0.4) is 0 Å². The third kappa shape index (κ3) is 1.81. The summed E-state index contributed by atoms with van der Waals surface area (Å²) in [7, 11) is 0. The molecule has 1 aromatic heterocycles. The lowest BCUT2D eigenvalue weighted by molar-refractivity contribution is -0.169. The van der Waals surface area contributed by atoms with E-state index in [1.54, 1.807) is 11.3 Å². The Balaban J connectivity index is 1.66. The molecule has 5 nitrogen and oxygen atoms in total. The molecule has 2 aliphatic rings. The van der Waals surface area contributed by atoms with E-state index >= 15 is 0 Å². The van der Waals surface area contributed by atoms with Crippen molar-refractivity contribution >= 4 is 16.5 Å². The first-order chi connectivity index (χ1) is 7.77. The predicted octanol–water partition coefficient (Wildman–Crippen LogP) is 1.19. The maximum absolute atomic E-state index is 5.69. The van der Waals surface area contributed by atoms with Crippen LogP contribution in [0.15, 0.2) is 0 Å². The molecule has 2 aliphatic heterocycles. The number of ether oxygens (including phenoxy) is 2. The maximum Gasteiger partial charge on any atom is 0.208 e. The van der Waals surface area contributed by atoms with Crippen LogP contribution in [-0.2, 0) is 9.47 Å². The van der Waals surface area contributed by atoms with Crippen LogP contribution in [0.5, 0.6) is 0 Å². The molecule has 0 atom stereocenters. The molecule has 0 N–H and O–H groups in total. The van der Waals surface area contributed by atoms with Gasteiger partial charge in [-0.15, -0.1) is 10.2 Å². The van der Waals surface area contributed by atoms with Crippen LogP contribution in [0.2, 0.25) is 0 Å². The molecule has 0 aromatic carbocycles. The van der Waals surface area contributed by atoms with Crippen LogP contribution in [0, 0.1) is 6.92 Å². The summed E-state index contributed by atoms with van der Waals surface area (Å²) in [5, 5.41) is 10.2. The van der Waals surface area contributed by atoms with E-state index in [-0.39, 0.29) is 5.79 Å². The Kier molecular flexibility index (Phi) is 2.57. The third-order valence-corrected chi connectivity index (χ3v) is 4.02. The van der Waals surface area contributed by atoms with Gasteiger partial charge in [0.25, 0.3) is 0 Å². The van der Waals surface area contributed by atoms with Crippen molar-refractivity contribution in [1.29, 1.82) is 0 Å². The maximum atomic E-state index is 5.69. The molecule has 2 saturated heterocycles. The van der Waals surface area contributed by atoms with E-state index in [1.165, 1.54) is 0 Å². The zero-order valence-corrected chi connectivity index (χ0v) is 10.1. The zero-order valence-electron chi connectivity index (χ0n) is 9.31. The van der Waals surface area contributed by atoms with Gasteiger partial charge in [-0.1, -0.05) is 11.3 Å². The summed E-state index contributed by atoms with van der Waals surface area (Å²) in [6.07, 6.45) is 1.84. The van der Waals surface area contributed by atoms with Gasteiger partial charge in [0.1, 0.15) is 5.01 Å². The van der Waals surface area contributed by atoms with Gasteiger partial charge < -0.3 is 14.4 Å². The number of piperidine rings is 1. The monoisotopic (exact) mass is 241 g/mol. The fourth-order valence-electron chi connectivity index (χ4n) is 2.24. The second-order valence-corrected chi connectivity index (χ2v) is 5.36. The van der Waals surface area contributed by atoms with Crippen LogP contribution in [0.4, 0.5) is 5.13 Å².